The molecule has 0 saturated carbocycles. The Balaban J connectivity index is 1.23. The van der Waals surface area contributed by atoms with Gasteiger partial charge in [-0.2, -0.15) is 13.2 Å². The summed E-state index contributed by atoms with van der Waals surface area (Å²) in [5.74, 6) is 1.18. The Hall–Kier alpha value is -5.10. The maximum atomic E-state index is 13.3. The number of aromatic amines is 1. The van der Waals surface area contributed by atoms with Gasteiger partial charge in [0.05, 0.1) is 31.0 Å². The first-order valence-electron chi connectivity index (χ1n) is 14.7. The van der Waals surface area contributed by atoms with Crippen LogP contribution in [-0.4, -0.2) is 39.5 Å². The summed E-state index contributed by atoms with van der Waals surface area (Å²) < 4.78 is 51.8. The van der Waals surface area contributed by atoms with Gasteiger partial charge in [0.1, 0.15) is 5.49 Å². The lowest BCUT2D eigenvalue weighted by Gasteiger charge is -2.16. The van der Waals surface area contributed by atoms with Crippen molar-refractivity contribution >= 4 is 39.4 Å². The average Bonchev–Trinajstić information content (AvgIpc) is 3.52. The third kappa shape index (κ3) is 6.87. The van der Waals surface area contributed by atoms with Crippen LogP contribution in [0.5, 0.6) is 11.5 Å². The molecule has 47 heavy (non-hydrogen) atoms. The number of benzene rings is 3. The zero-order valence-electron chi connectivity index (χ0n) is 25.5. The molecule has 0 saturated heterocycles. The molecule has 3 heterocycles. The standard InChI is InChI=1S/C35H30F3N5O3S/c1-45-31-17-26-28(18-32(31)46-2)42-34(47-20-21-7-10-25(11-8-21)35(36,37)38)43(33(26)39)14-4-6-30(44)29-16-24-15-22(9-12-27(24)41-29)23-5-3-13-40-19-23/h3,5,7-13,15-19,39,41H,4,6,14,20H2,1-2H3. The Kier molecular flexibility index (Phi) is 9.04. The average molecular weight is 658 g/mol. The molecule has 2 N–H and O–H groups in total. The third-order valence-electron chi connectivity index (χ3n) is 7.82. The van der Waals surface area contributed by atoms with Crippen LogP contribution < -0.4 is 15.0 Å². The number of H-pyrrole nitrogens is 1. The summed E-state index contributed by atoms with van der Waals surface area (Å²) >= 11 is 1.31. The molecule has 3 aromatic carbocycles. The number of halogens is 3. The van der Waals surface area contributed by atoms with E-state index in [9.17, 15) is 18.0 Å². The number of thioether (sulfide) groups is 1. The van der Waals surface area contributed by atoms with Gasteiger partial charge >= 0.3 is 6.18 Å². The van der Waals surface area contributed by atoms with E-state index in [4.69, 9.17) is 19.9 Å². The van der Waals surface area contributed by atoms with E-state index >= 15 is 0 Å². The van der Waals surface area contributed by atoms with Crippen LogP contribution in [0.4, 0.5) is 13.2 Å². The monoisotopic (exact) mass is 657 g/mol. The largest absolute Gasteiger partial charge is 0.493 e. The number of hydrogen-bond acceptors (Lipinski definition) is 7. The van der Waals surface area contributed by atoms with Gasteiger partial charge in [-0.15, -0.1) is 0 Å². The smallest absolute Gasteiger partial charge is 0.416 e. The molecule has 0 radical (unpaired) electrons. The molecular formula is C35H30F3N5O3S. The first kappa shape index (κ1) is 31.9. The number of aromatic nitrogens is 4. The fourth-order valence-corrected chi connectivity index (χ4v) is 6.33. The van der Waals surface area contributed by atoms with Crippen LogP contribution in [0, 0.1) is 5.41 Å². The highest BCUT2D eigenvalue weighted by molar-refractivity contribution is 7.98. The predicted molar refractivity (Wildman–Crippen MR) is 175 cm³/mol. The second-order valence-corrected chi connectivity index (χ2v) is 11.8. The molecule has 6 aromatic rings. The number of carbonyl (C=O) groups excluding carboxylic acids is 1. The lowest BCUT2D eigenvalue weighted by atomic mass is 10.1. The van der Waals surface area contributed by atoms with Crippen molar-refractivity contribution in [2.24, 2.45) is 0 Å². The molecule has 0 amide bonds. The first-order valence-corrected chi connectivity index (χ1v) is 15.7. The van der Waals surface area contributed by atoms with Crippen molar-refractivity contribution in [1.82, 2.24) is 19.5 Å². The fourth-order valence-electron chi connectivity index (χ4n) is 5.34. The van der Waals surface area contributed by atoms with Gasteiger partial charge in [0.15, 0.2) is 22.4 Å². The lowest BCUT2D eigenvalue weighted by molar-refractivity contribution is -0.137. The minimum Gasteiger partial charge on any atom is -0.493 e. The topological polar surface area (TPSA) is 106 Å². The van der Waals surface area contributed by atoms with Crippen LogP contribution in [0.15, 0.2) is 90.3 Å². The number of fused-ring (bicyclic) bond motifs is 2. The molecule has 0 bridgehead atoms. The summed E-state index contributed by atoms with van der Waals surface area (Å²) in [6.07, 6.45) is -0.244. The minimum atomic E-state index is -4.41. The predicted octanol–water partition coefficient (Wildman–Crippen LogP) is 8.05. The highest BCUT2D eigenvalue weighted by Gasteiger charge is 2.30. The summed E-state index contributed by atoms with van der Waals surface area (Å²) in [7, 11) is 3.02. The molecule has 3 aromatic heterocycles. The summed E-state index contributed by atoms with van der Waals surface area (Å²) in [6, 6.07) is 20.0. The van der Waals surface area contributed by atoms with E-state index in [1.807, 2.05) is 36.4 Å². The van der Waals surface area contributed by atoms with Crippen LogP contribution in [0.3, 0.4) is 0 Å². The van der Waals surface area contributed by atoms with Gasteiger partial charge in [0.2, 0.25) is 0 Å². The third-order valence-corrected chi connectivity index (χ3v) is 8.87. The van der Waals surface area contributed by atoms with E-state index in [0.29, 0.717) is 57.5 Å². The Morgan fingerprint density at radius 1 is 0.979 bits per heavy atom. The number of pyridine rings is 1. The summed E-state index contributed by atoms with van der Waals surface area (Å²) in [5.41, 5.74) is 3.99. The van der Waals surface area contributed by atoms with E-state index in [0.717, 1.165) is 34.2 Å². The van der Waals surface area contributed by atoms with Crippen molar-refractivity contribution < 1.29 is 27.4 Å². The number of nitrogens with one attached hydrogen (secondary N) is 2. The van der Waals surface area contributed by atoms with Gasteiger partial charge in [-0.3, -0.25) is 15.2 Å². The molecule has 0 aliphatic rings. The summed E-state index contributed by atoms with van der Waals surface area (Å²) in [5, 5.41) is 11.0. The number of ketones is 1. The molecule has 12 heteroatoms. The van der Waals surface area contributed by atoms with E-state index in [1.54, 1.807) is 29.1 Å². The number of methoxy groups -OCH3 is 2. The number of carbonyl (C=O) groups is 1. The van der Waals surface area contributed by atoms with Crippen LogP contribution in [0.25, 0.3) is 32.9 Å². The number of nitrogens with zero attached hydrogens (tertiary/aromatic N) is 3. The molecule has 0 aliphatic carbocycles. The van der Waals surface area contributed by atoms with E-state index < -0.39 is 11.7 Å². The van der Waals surface area contributed by atoms with Crippen molar-refractivity contribution in [3.05, 3.63) is 107 Å². The Labute approximate surface area is 272 Å². The van der Waals surface area contributed by atoms with E-state index in [1.165, 1.54) is 38.1 Å². The van der Waals surface area contributed by atoms with E-state index in [2.05, 4.69) is 9.97 Å². The lowest BCUT2D eigenvalue weighted by Crippen LogP contribution is -2.24. The molecule has 0 unspecified atom stereocenters. The van der Waals surface area contributed by atoms with Gasteiger partial charge in [-0.05, 0) is 60.0 Å². The highest BCUT2D eigenvalue weighted by Crippen LogP contribution is 2.33. The molecule has 240 valence electrons. The van der Waals surface area contributed by atoms with Gasteiger partial charge in [0.25, 0.3) is 0 Å². The SMILES string of the molecule is COc1cc2nc(SCc3ccc(C(F)(F)F)cc3)n(CCCC(=O)c3cc4cc(-c5cccnc5)ccc4[nH]3)c(=N)c2cc1OC. The fraction of sp³-hybridized carbons (Fsp3) is 0.200. The number of rotatable bonds is 11. The molecule has 0 atom stereocenters. The zero-order chi connectivity index (χ0) is 33.1. The Bertz CT molecular complexity index is 2130. The van der Waals surface area contributed by atoms with Crippen LogP contribution in [-0.2, 0) is 18.5 Å². The number of ether oxygens (including phenoxy) is 2. The van der Waals surface area contributed by atoms with Crippen molar-refractivity contribution in [3.63, 3.8) is 0 Å². The number of alkyl halides is 3. The van der Waals surface area contributed by atoms with Crippen molar-refractivity contribution in [2.45, 2.75) is 36.5 Å². The van der Waals surface area contributed by atoms with E-state index in [-0.39, 0.29) is 17.7 Å². The van der Waals surface area contributed by atoms with Gasteiger partial charge < -0.3 is 19.0 Å². The maximum Gasteiger partial charge on any atom is 0.416 e. The summed E-state index contributed by atoms with van der Waals surface area (Å²) in [4.78, 5) is 25.5. The zero-order valence-corrected chi connectivity index (χ0v) is 26.3. The second kappa shape index (κ2) is 13.3. The van der Waals surface area contributed by atoms with Crippen LogP contribution in [0.2, 0.25) is 0 Å². The molecule has 6 rings (SSSR count). The second-order valence-electron chi connectivity index (χ2n) is 10.9. The molecule has 0 fully saturated rings. The van der Waals surface area contributed by atoms with Gasteiger partial charge in [0, 0.05) is 59.0 Å². The van der Waals surface area contributed by atoms with Crippen molar-refractivity contribution in [3.8, 4) is 22.6 Å². The molecule has 0 spiro atoms. The number of hydrogen-bond donors (Lipinski definition) is 2. The van der Waals surface area contributed by atoms with Crippen molar-refractivity contribution in [2.75, 3.05) is 14.2 Å². The summed E-state index contributed by atoms with van der Waals surface area (Å²) in [6.45, 7) is 0.322. The molecular weight excluding hydrogens is 627 g/mol. The van der Waals surface area contributed by atoms with Gasteiger partial charge in [-0.25, -0.2) is 4.98 Å². The number of Topliss-reactive ketones (excluding diaryl/α,β-unsaturated/α-hetero) is 1. The van der Waals surface area contributed by atoms with Gasteiger partial charge in [-0.1, -0.05) is 36.0 Å². The minimum absolute atomic E-state index is 0.0598. The molecule has 0 aliphatic heterocycles. The van der Waals surface area contributed by atoms with Crippen molar-refractivity contribution in [1.29, 1.82) is 5.41 Å². The van der Waals surface area contributed by atoms with Crippen LogP contribution >= 0.6 is 11.8 Å². The normalized spacial score (nSPS) is 11.7. The quantitative estimate of drug-likeness (QED) is 0.0830. The highest BCUT2D eigenvalue weighted by atomic mass is 32.2. The maximum absolute atomic E-state index is 13.3. The molecule has 8 nitrogen and oxygen atoms in total. The Morgan fingerprint density at radius 2 is 1.74 bits per heavy atom. The first-order chi connectivity index (χ1) is 22.6. The van der Waals surface area contributed by atoms with Crippen LogP contribution in [0.1, 0.15) is 34.5 Å². The Morgan fingerprint density at radius 3 is 2.45 bits per heavy atom.